The third kappa shape index (κ3) is 3.53. The van der Waals surface area contributed by atoms with Crippen molar-refractivity contribution in [2.75, 3.05) is 0 Å². The van der Waals surface area contributed by atoms with E-state index in [4.69, 9.17) is 0 Å². The van der Waals surface area contributed by atoms with Crippen LogP contribution in [0.25, 0.3) is 5.69 Å². The summed E-state index contributed by atoms with van der Waals surface area (Å²) in [7, 11) is 0. The first-order valence-corrected chi connectivity index (χ1v) is 8.21. The van der Waals surface area contributed by atoms with Crippen LogP contribution >= 0.6 is 0 Å². The quantitative estimate of drug-likeness (QED) is 0.566. The maximum absolute atomic E-state index is 12.2. The van der Waals surface area contributed by atoms with Gasteiger partial charge in [-0.2, -0.15) is 5.10 Å². The molecule has 0 unspecified atom stereocenters. The molecule has 1 N–H and O–H groups in total. The van der Waals surface area contributed by atoms with Crippen LogP contribution in [0.15, 0.2) is 65.8 Å². The van der Waals surface area contributed by atoms with Gasteiger partial charge in [-0.15, -0.1) is 0 Å². The molecule has 1 amide bonds. The van der Waals surface area contributed by atoms with E-state index in [0.29, 0.717) is 5.56 Å². The lowest BCUT2D eigenvalue weighted by atomic mass is 10.1. The van der Waals surface area contributed by atoms with Gasteiger partial charge < -0.3 is 4.57 Å². The number of carbonyl (C=O) groups excluding carboxylic acids is 1. The third-order valence-corrected chi connectivity index (χ3v) is 4.24. The summed E-state index contributed by atoms with van der Waals surface area (Å²) in [6, 6.07) is 19.7. The normalized spacial score (nSPS) is 11.0. The van der Waals surface area contributed by atoms with Crippen molar-refractivity contribution < 1.29 is 4.79 Å². The molecule has 3 aromatic rings. The Kier molecular flexibility index (Phi) is 4.80. The van der Waals surface area contributed by atoms with Crippen LogP contribution in [0.1, 0.15) is 32.9 Å². The van der Waals surface area contributed by atoms with Crippen LogP contribution in [-0.2, 0) is 0 Å². The highest BCUT2D eigenvalue weighted by Gasteiger charge is 2.10. The Morgan fingerprint density at radius 1 is 1.00 bits per heavy atom. The van der Waals surface area contributed by atoms with Gasteiger partial charge in [-0.1, -0.05) is 36.4 Å². The Bertz CT molecular complexity index is 924. The number of aryl methyl sites for hydroxylation is 2. The first kappa shape index (κ1) is 16.7. The van der Waals surface area contributed by atoms with Crippen molar-refractivity contribution in [3.63, 3.8) is 0 Å². The molecule has 0 fully saturated rings. The Morgan fingerprint density at radius 2 is 1.68 bits per heavy atom. The average molecular weight is 331 g/mol. The summed E-state index contributed by atoms with van der Waals surface area (Å²) in [6.07, 6.45) is 1.69. The van der Waals surface area contributed by atoms with Gasteiger partial charge in [-0.3, -0.25) is 4.79 Å². The van der Waals surface area contributed by atoms with E-state index in [2.05, 4.69) is 40.2 Å². The predicted octanol–water partition coefficient (Wildman–Crippen LogP) is 4.17. The van der Waals surface area contributed by atoms with E-state index in [1.165, 1.54) is 0 Å². The number of nitrogens with zero attached hydrogens (tertiary/aromatic N) is 2. The maximum atomic E-state index is 12.2. The van der Waals surface area contributed by atoms with E-state index in [1.54, 1.807) is 12.3 Å². The zero-order valence-electron chi connectivity index (χ0n) is 14.7. The molecule has 3 rings (SSSR count). The second-order valence-electron chi connectivity index (χ2n) is 6.01. The molecular formula is C21H21N3O. The second-order valence-corrected chi connectivity index (χ2v) is 6.01. The molecule has 0 atom stereocenters. The van der Waals surface area contributed by atoms with E-state index in [0.717, 1.165) is 28.2 Å². The fourth-order valence-electron chi connectivity index (χ4n) is 2.94. The van der Waals surface area contributed by atoms with Gasteiger partial charge in [0, 0.05) is 28.2 Å². The number of benzene rings is 2. The van der Waals surface area contributed by atoms with Gasteiger partial charge in [0.15, 0.2) is 0 Å². The van der Waals surface area contributed by atoms with Gasteiger partial charge in [0.1, 0.15) is 0 Å². The molecule has 4 heteroatoms. The molecule has 1 heterocycles. The lowest BCUT2D eigenvalue weighted by Gasteiger charge is -2.09. The largest absolute Gasteiger partial charge is 0.318 e. The first-order chi connectivity index (χ1) is 12.1. The predicted molar refractivity (Wildman–Crippen MR) is 101 cm³/mol. The lowest BCUT2D eigenvalue weighted by molar-refractivity contribution is 0.0954. The van der Waals surface area contributed by atoms with Gasteiger partial charge in [0.25, 0.3) is 5.91 Å². The van der Waals surface area contributed by atoms with Gasteiger partial charge >= 0.3 is 0 Å². The molecule has 0 aliphatic carbocycles. The minimum absolute atomic E-state index is 0.203. The molecular weight excluding hydrogens is 310 g/mol. The third-order valence-electron chi connectivity index (χ3n) is 4.24. The summed E-state index contributed by atoms with van der Waals surface area (Å²) < 4.78 is 2.17. The number of para-hydroxylation sites is 1. The number of hydrogen-bond donors (Lipinski definition) is 1. The zero-order chi connectivity index (χ0) is 17.8. The fourth-order valence-corrected chi connectivity index (χ4v) is 2.94. The van der Waals surface area contributed by atoms with E-state index in [-0.39, 0.29) is 5.91 Å². The van der Waals surface area contributed by atoms with Crippen molar-refractivity contribution in [3.05, 3.63) is 88.7 Å². The molecule has 2 aromatic carbocycles. The first-order valence-electron chi connectivity index (χ1n) is 8.21. The van der Waals surface area contributed by atoms with Crippen molar-refractivity contribution in [1.82, 2.24) is 9.99 Å². The molecule has 0 saturated carbocycles. The molecule has 1 aromatic heterocycles. The second kappa shape index (κ2) is 7.18. The van der Waals surface area contributed by atoms with Gasteiger partial charge in [0.2, 0.25) is 0 Å². The number of amides is 1. The van der Waals surface area contributed by atoms with E-state index in [1.807, 2.05) is 50.2 Å². The monoisotopic (exact) mass is 331 g/mol. The van der Waals surface area contributed by atoms with Crippen LogP contribution in [0.5, 0.6) is 0 Å². The SMILES string of the molecule is Cc1ccccc1C(=O)N/N=C/c1cc(C)n(-c2ccccc2)c1C. The van der Waals surface area contributed by atoms with Crippen molar-refractivity contribution in [3.8, 4) is 5.69 Å². The van der Waals surface area contributed by atoms with Crippen molar-refractivity contribution >= 4 is 12.1 Å². The van der Waals surface area contributed by atoms with Gasteiger partial charge in [0.05, 0.1) is 6.21 Å². The van der Waals surface area contributed by atoms with Gasteiger partial charge in [-0.25, -0.2) is 5.43 Å². The minimum Gasteiger partial charge on any atom is -0.318 e. The lowest BCUT2D eigenvalue weighted by Crippen LogP contribution is -2.18. The number of aromatic nitrogens is 1. The van der Waals surface area contributed by atoms with Crippen LogP contribution in [-0.4, -0.2) is 16.7 Å². The number of carbonyl (C=O) groups is 1. The topological polar surface area (TPSA) is 46.4 Å². The standard InChI is InChI=1S/C21H21N3O/c1-15-9-7-8-12-20(15)21(25)23-22-14-18-13-16(2)24(17(18)3)19-10-5-4-6-11-19/h4-14H,1-3H3,(H,23,25)/b22-14+. The maximum Gasteiger partial charge on any atom is 0.271 e. The van der Waals surface area contributed by atoms with E-state index in [9.17, 15) is 4.79 Å². The molecule has 0 saturated heterocycles. The van der Waals surface area contributed by atoms with Crippen molar-refractivity contribution in [2.45, 2.75) is 20.8 Å². The molecule has 0 radical (unpaired) electrons. The summed E-state index contributed by atoms with van der Waals surface area (Å²) in [5.74, 6) is -0.203. The molecule has 126 valence electrons. The summed E-state index contributed by atoms with van der Waals surface area (Å²) in [5, 5.41) is 4.13. The van der Waals surface area contributed by atoms with Crippen LogP contribution in [0, 0.1) is 20.8 Å². The Labute approximate surface area is 147 Å². The highest BCUT2D eigenvalue weighted by Crippen LogP contribution is 2.19. The van der Waals surface area contributed by atoms with E-state index < -0.39 is 0 Å². The van der Waals surface area contributed by atoms with Crippen LogP contribution in [0.2, 0.25) is 0 Å². The number of nitrogens with one attached hydrogen (secondary N) is 1. The Balaban J connectivity index is 1.79. The highest BCUT2D eigenvalue weighted by atomic mass is 16.2. The molecule has 0 aliphatic rings. The number of rotatable bonds is 4. The molecule has 4 nitrogen and oxygen atoms in total. The van der Waals surface area contributed by atoms with Crippen molar-refractivity contribution in [2.24, 2.45) is 5.10 Å². The van der Waals surface area contributed by atoms with Crippen molar-refractivity contribution in [1.29, 1.82) is 0 Å². The van der Waals surface area contributed by atoms with Crippen LogP contribution < -0.4 is 5.43 Å². The smallest absolute Gasteiger partial charge is 0.271 e. The zero-order valence-corrected chi connectivity index (χ0v) is 14.7. The summed E-state index contributed by atoms with van der Waals surface area (Å²) in [6.45, 7) is 6.01. The molecule has 0 aliphatic heterocycles. The molecule has 25 heavy (non-hydrogen) atoms. The summed E-state index contributed by atoms with van der Waals surface area (Å²) in [4.78, 5) is 12.2. The summed E-state index contributed by atoms with van der Waals surface area (Å²) in [5.41, 5.74) is 8.46. The Morgan fingerprint density at radius 3 is 2.40 bits per heavy atom. The Hall–Kier alpha value is -3.14. The van der Waals surface area contributed by atoms with Crippen LogP contribution in [0.4, 0.5) is 0 Å². The number of hydrogen-bond acceptors (Lipinski definition) is 2. The minimum atomic E-state index is -0.203. The molecule has 0 bridgehead atoms. The summed E-state index contributed by atoms with van der Waals surface area (Å²) >= 11 is 0. The van der Waals surface area contributed by atoms with Crippen LogP contribution in [0.3, 0.4) is 0 Å². The highest BCUT2D eigenvalue weighted by molar-refractivity contribution is 5.96. The van der Waals surface area contributed by atoms with Gasteiger partial charge in [-0.05, 0) is 50.6 Å². The fraction of sp³-hybridized carbons (Fsp3) is 0.143. The number of hydrazone groups is 1. The average Bonchev–Trinajstić information content (AvgIpc) is 2.89. The van der Waals surface area contributed by atoms with E-state index >= 15 is 0 Å². The molecule has 0 spiro atoms.